The van der Waals surface area contributed by atoms with Crippen molar-refractivity contribution in [2.24, 2.45) is 5.92 Å². The number of halogens is 2. The van der Waals surface area contributed by atoms with Crippen molar-refractivity contribution < 1.29 is 13.6 Å². The molecule has 116 valence electrons. The first-order chi connectivity index (χ1) is 10.0. The number of amides is 1. The Bertz CT molecular complexity index is 507. The first-order valence-electron chi connectivity index (χ1n) is 7.51. The molecule has 0 aliphatic carbocycles. The lowest BCUT2D eigenvalue weighted by Crippen LogP contribution is -2.50. The molecule has 0 radical (unpaired) electrons. The Morgan fingerprint density at radius 3 is 2.86 bits per heavy atom. The van der Waals surface area contributed by atoms with E-state index in [1.807, 2.05) is 0 Å². The summed E-state index contributed by atoms with van der Waals surface area (Å²) in [6.45, 7) is 6.29. The van der Waals surface area contributed by atoms with Crippen LogP contribution in [-0.2, 0) is 0 Å². The highest BCUT2D eigenvalue weighted by Gasteiger charge is 2.30. The Balaban J connectivity index is 2.04. The first-order valence-corrected chi connectivity index (χ1v) is 7.51. The third-order valence-corrected chi connectivity index (χ3v) is 4.03. The molecular formula is C16H22F2N2O. The summed E-state index contributed by atoms with van der Waals surface area (Å²) in [7, 11) is 0. The molecule has 2 atom stereocenters. The fourth-order valence-electron chi connectivity index (χ4n) is 2.80. The van der Waals surface area contributed by atoms with Crippen molar-refractivity contribution in [3.63, 3.8) is 0 Å². The van der Waals surface area contributed by atoms with Gasteiger partial charge in [-0.3, -0.25) is 4.79 Å². The van der Waals surface area contributed by atoms with Gasteiger partial charge in [-0.2, -0.15) is 0 Å². The summed E-state index contributed by atoms with van der Waals surface area (Å²) in [4.78, 5) is 14.0. The summed E-state index contributed by atoms with van der Waals surface area (Å²) in [5.41, 5.74) is -0.179. The van der Waals surface area contributed by atoms with Crippen molar-refractivity contribution >= 4 is 5.91 Å². The Labute approximate surface area is 124 Å². The fourth-order valence-corrected chi connectivity index (χ4v) is 2.80. The number of hydrogen-bond acceptors (Lipinski definition) is 2. The molecule has 2 rings (SSSR count). The zero-order chi connectivity index (χ0) is 15.4. The molecule has 1 fully saturated rings. The number of hydrogen-bond donors (Lipinski definition) is 1. The van der Waals surface area contributed by atoms with Gasteiger partial charge in [-0.25, -0.2) is 8.78 Å². The highest BCUT2D eigenvalue weighted by atomic mass is 19.2. The van der Waals surface area contributed by atoms with Gasteiger partial charge in [0, 0.05) is 19.1 Å². The van der Waals surface area contributed by atoms with E-state index in [4.69, 9.17) is 0 Å². The van der Waals surface area contributed by atoms with Crippen LogP contribution in [0, 0.1) is 17.6 Å². The van der Waals surface area contributed by atoms with Crippen molar-refractivity contribution in [1.29, 1.82) is 0 Å². The largest absolute Gasteiger partial charge is 0.338 e. The molecule has 1 heterocycles. The molecule has 0 saturated carbocycles. The van der Waals surface area contributed by atoms with Gasteiger partial charge >= 0.3 is 0 Å². The van der Waals surface area contributed by atoms with Crippen molar-refractivity contribution in [1.82, 2.24) is 10.2 Å². The Kier molecular flexibility index (Phi) is 5.28. The maximum atomic E-state index is 13.7. The smallest absolute Gasteiger partial charge is 0.256 e. The van der Waals surface area contributed by atoms with E-state index in [1.165, 1.54) is 12.1 Å². The van der Waals surface area contributed by atoms with Crippen molar-refractivity contribution in [2.75, 3.05) is 19.6 Å². The minimum atomic E-state index is -1.05. The fraction of sp³-hybridized carbons (Fsp3) is 0.562. The maximum absolute atomic E-state index is 13.7. The molecule has 21 heavy (non-hydrogen) atoms. The molecule has 1 aromatic rings. The van der Waals surface area contributed by atoms with E-state index < -0.39 is 17.5 Å². The standard InChI is InChI=1S/C16H22F2N2O/c1-3-8-19-14-7-9-20(10-11(14)2)16(21)12-5-4-6-13(17)15(12)18/h4-6,11,14,19H,3,7-10H2,1-2H3. The van der Waals surface area contributed by atoms with E-state index in [2.05, 4.69) is 19.2 Å². The van der Waals surface area contributed by atoms with Crippen LogP contribution in [0.2, 0.25) is 0 Å². The highest BCUT2D eigenvalue weighted by molar-refractivity contribution is 5.94. The second kappa shape index (κ2) is 6.98. The summed E-state index contributed by atoms with van der Waals surface area (Å²) in [5, 5.41) is 3.47. The Hall–Kier alpha value is -1.49. The zero-order valence-electron chi connectivity index (χ0n) is 12.5. The van der Waals surface area contributed by atoms with Crippen LogP contribution >= 0.6 is 0 Å². The number of nitrogens with one attached hydrogen (secondary N) is 1. The van der Waals surface area contributed by atoms with Crippen LogP contribution in [0.4, 0.5) is 8.78 Å². The van der Waals surface area contributed by atoms with Crippen LogP contribution < -0.4 is 5.32 Å². The minimum absolute atomic E-state index is 0.179. The van der Waals surface area contributed by atoms with Gasteiger partial charge < -0.3 is 10.2 Å². The number of benzene rings is 1. The van der Waals surface area contributed by atoms with Crippen LogP contribution in [0.15, 0.2) is 18.2 Å². The summed E-state index contributed by atoms with van der Waals surface area (Å²) in [5.74, 6) is -2.16. The molecule has 0 aromatic heterocycles. The topological polar surface area (TPSA) is 32.3 Å². The number of piperidine rings is 1. The van der Waals surface area contributed by atoms with Gasteiger partial charge in [-0.15, -0.1) is 0 Å². The average molecular weight is 296 g/mol. The third-order valence-electron chi connectivity index (χ3n) is 4.03. The SMILES string of the molecule is CCCNC1CCN(C(=O)c2cccc(F)c2F)CC1C. The van der Waals surface area contributed by atoms with Crippen LogP contribution in [-0.4, -0.2) is 36.5 Å². The lowest BCUT2D eigenvalue weighted by atomic mass is 9.93. The number of rotatable bonds is 4. The number of carbonyl (C=O) groups excluding carboxylic acids is 1. The van der Waals surface area contributed by atoms with Crippen LogP contribution in [0.3, 0.4) is 0 Å². The van der Waals surface area contributed by atoms with Crippen molar-refractivity contribution in [3.8, 4) is 0 Å². The minimum Gasteiger partial charge on any atom is -0.338 e. The molecular weight excluding hydrogens is 274 g/mol. The van der Waals surface area contributed by atoms with E-state index in [0.29, 0.717) is 25.0 Å². The van der Waals surface area contributed by atoms with Gasteiger partial charge in [0.05, 0.1) is 5.56 Å². The summed E-state index contributed by atoms with van der Waals surface area (Å²) in [6, 6.07) is 4.11. The number of likely N-dealkylation sites (tertiary alicyclic amines) is 1. The summed E-state index contributed by atoms with van der Waals surface area (Å²) in [6.07, 6.45) is 1.91. The predicted molar refractivity (Wildman–Crippen MR) is 78.1 cm³/mol. The van der Waals surface area contributed by atoms with E-state index in [-0.39, 0.29) is 5.56 Å². The molecule has 2 unspecified atom stereocenters. The van der Waals surface area contributed by atoms with Gasteiger partial charge in [0.1, 0.15) is 0 Å². The molecule has 1 aliphatic heterocycles. The molecule has 5 heteroatoms. The summed E-state index contributed by atoms with van der Waals surface area (Å²) < 4.78 is 26.9. The maximum Gasteiger partial charge on any atom is 0.256 e. The molecule has 1 amide bonds. The highest BCUT2D eigenvalue weighted by Crippen LogP contribution is 2.21. The average Bonchev–Trinajstić information content (AvgIpc) is 2.48. The molecule has 0 spiro atoms. The van der Waals surface area contributed by atoms with Gasteiger partial charge in [-0.05, 0) is 37.4 Å². The Morgan fingerprint density at radius 2 is 2.19 bits per heavy atom. The van der Waals surface area contributed by atoms with E-state index >= 15 is 0 Å². The van der Waals surface area contributed by atoms with Gasteiger partial charge in [0.25, 0.3) is 5.91 Å². The van der Waals surface area contributed by atoms with Crippen LogP contribution in [0.1, 0.15) is 37.0 Å². The number of nitrogens with zero attached hydrogens (tertiary/aromatic N) is 1. The van der Waals surface area contributed by atoms with Crippen molar-refractivity contribution in [3.05, 3.63) is 35.4 Å². The zero-order valence-corrected chi connectivity index (χ0v) is 12.5. The molecule has 1 aromatic carbocycles. The monoisotopic (exact) mass is 296 g/mol. The van der Waals surface area contributed by atoms with E-state index in [0.717, 1.165) is 25.5 Å². The molecule has 0 bridgehead atoms. The van der Waals surface area contributed by atoms with Crippen LogP contribution in [0.25, 0.3) is 0 Å². The first kappa shape index (κ1) is 15.9. The second-order valence-electron chi connectivity index (χ2n) is 5.68. The van der Waals surface area contributed by atoms with Crippen LogP contribution in [0.5, 0.6) is 0 Å². The number of carbonyl (C=O) groups is 1. The van der Waals surface area contributed by atoms with Crippen molar-refractivity contribution in [2.45, 2.75) is 32.7 Å². The van der Waals surface area contributed by atoms with E-state index in [1.54, 1.807) is 4.90 Å². The normalized spacial score (nSPS) is 22.4. The lowest BCUT2D eigenvalue weighted by Gasteiger charge is -2.37. The quantitative estimate of drug-likeness (QED) is 0.926. The van der Waals surface area contributed by atoms with Gasteiger partial charge in [0.15, 0.2) is 11.6 Å². The second-order valence-corrected chi connectivity index (χ2v) is 5.68. The molecule has 1 aliphatic rings. The Morgan fingerprint density at radius 1 is 1.43 bits per heavy atom. The van der Waals surface area contributed by atoms with Gasteiger partial charge in [-0.1, -0.05) is 19.9 Å². The predicted octanol–water partition coefficient (Wildman–Crippen LogP) is 2.82. The van der Waals surface area contributed by atoms with E-state index in [9.17, 15) is 13.6 Å². The molecule has 3 nitrogen and oxygen atoms in total. The summed E-state index contributed by atoms with van der Waals surface area (Å²) >= 11 is 0. The lowest BCUT2D eigenvalue weighted by molar-refractivity contribution is 0.0639. The molecule has 1 N–H and O–H groups in total. The molecule has 1 saturated heterocycles. The third kappa shape index (κ3) is 3.59. The van der Waals surface area contributed by atoms with Gasteiger partial charge in [0.2, 0.25) is 0 Å².